The summed E-state index contributed by atoms with van der Waals surface area (Å²) in [5.41, 5.74) is 2.37. The molecule has 0 unspecified atom stereocenters. The lowest BCUT2D eigenvalue weighted by molar-refractivity contribution is 0.102. The number of amides is 1. The van der Waals surface area contributed by atoms with Crippen molar-refractivity contribution in [3.8, 4) is 5.82 Å². The van der Waals surface area contributed by atoms with E-state index in [1.54, 1.807) is 47.7 Å². The third-order valence-corrected chi connectivity index (χ3v) is 3.00. The van der Waals surface area contributed by atoms with E-state index in [0.717, 1.165) is 5.56 Å². The Hall–Kier alpha value is -3.02. The van der Waals surface area contributed by atoms with Gasteiger partial charge in [-0.25, -0.2) is 4.98 Å². The lowest BCUT2D eigenvalue weighted by Gasteiger charge is -2.06. The van der Waals surface area contributed by atoms with Crippen molar-refractivity contribution in [2.24, 2.45) is 0 Å². The summed E-state index contributed by atoms with van der Waals surface area (Å²) < 4.78 is 1.69. The van der Waals surface area contributed by atoms with Gasteiger partial charge >= 0.3 is 0 Å². The zero-order valence-electron chi connectivity index (χ0n) is 11.4. The molecule has 2 aromatic heterocycles. The summed E-state index contributed by atoms with van der Waals surface area (Å²) in [4.78, 5) is 16.3. The topological polar surface area (TPSA) is 72.7 Å². The molecule has 21 heavy (non-hydrogen) atoms. The van der Waals surface area contributed by atoms with Crippen LogP contribution >= 0.6 is 0 Å². The lowest BCUT2D eigenvalue weighted by atomic mass is 10.1. The van der Waals surface area contributed by atoms with Crippen LogP contribution in [0.15, 0.2) is 55.2 Å². The van der Waals surface area contributed by atoms with Gasteiger partial charge in [0.05, 0.1) is 11.9 Å². The fourth-order valence-corrected chi connectivity index (χ4v) is 1.84. The number of anilines is 1. The number of aromatic nitrogens is 4. The number of carbonyl (C=O) groups excluding carboxylic acids is 1. The molecule has 1 amide bonds. The standard InChI is InChI=1S/C15H13N5O/c1-11-2-4-12(5-3-11)15(21)19-13-6-7-14(16-8-13)20-9-17-18-10-20/h2-10H,1H3,(H,19,21). The van der Waals surface area contributed by atoms with E-state index in [4.69, 9.17) is 0 Å². The molecule has 0 radical (unpaired) electrons. The molecule has 1 N–H and O–H groups in total. The van der Waals surface area contributed by atoms with Gasteiger partial charge in [0.2, 0.25) is 0 Å². The first-order valence-corrected chi connectivity index (χ1v) is 6.41. The highest BCUT2D eigenvalue weighted by Crippen LogP contribution is 2.11. The van der Waals surface area contributed by atoms with E-state index in [2.05, 4.69) is 20.5 Å². The molecule has 6 heteroatoms. The van der Waals surface area contributed by atoms with Gasteiger partial charge in [-0.3, -0.25) is 9.36 Å². The molecule has 104 valence electrons. The van der Waals surface area contributed by atoms with Gasteiger partial charge in [0.15, 0.2) is 0 Å². The fourth-order valence-electron chi connectivity index (χ4n) is 1.84. The number of nitrogens with zero attached hydrogens (tertiary/aromatic N) is 4. The van der Waals surface area contributed by atoms with E-state index in [0.29, 0.717) is 17.1 Å². The second kappa shape index (κ2) is 5.54. The maximum absolute atomic E-state index is 12.1. The minimum atomic E-state index is -0.158. The van der Waals surface area contributed by atoms with E-state index in [1.165, 1.54) is 0 Å². The van der Waals surface area contributed by atoms with Crippen LogP contribution in [0.4, 0.5) is 5.69 Å². The Morgan fingerprint density at radius 1 is 1.05 bits per heavy atom. The third-order valence-electron chi connectivity index (χ3n) is 3.00. The smallest absolute Gasteiger partial charge is 0.255 e. The molecule has 0 spiro atoms. The van der Waals surface area contributed by atoms with E-state index in [1.807, 2.05) is 19.1 Å². The van der Waals surface area contributed by atoms with Crippen molar-refractivity contribution in [1.29, 1.82) is 0 Å². The summed E-state index contributed by atoms with van der Waals surface area (Å²) in [6.07, 6.45) is 4.72. The van der Waals surface area contributed by atoms with Gasteiger partial charge in [-0.15, -0.1) is 10.2 Å². The Morgan fingerprint density at radius 2 is 1.76 bits per heavy atom. The van der Waals surface area contributed by atoms with Crippen molar-refractivity contribution in [3.63, 3.8) is 0 Å². The van der Waals surface area contributed by atoms with Crippen molar-refractivity contribution in [2.45, 2.75) is 6.92 Å². The van der Waals surface area contributed by atoms with Crippen molar-refractivity contribution < 1.29 is 4.79 Å². The molecule has 3 aromatic rings. The molecule has 0 atom stereocenters. The highest BCUT2D eigenvalue weighted by molar-refractivity contribution is 6.04. The zero-order valence-corrected chi connectivity index (χ0v) is 11.4. The molecule has 3 rings (SSSR count). The number of nitrogens with one attached hydrogen (secondary N) is 1. The number of hydrogen-bond acceptors (Lipinski definition) is 4. The van der Waals surface area contributed by atoms with E-state index < -0.39 is 0 Å². The normalized spacial score (nSPS) is 10.3. The second-order valence-corrected chi connectivity index (χ2v) is 4.59. The van der Waals surface area contributed by atoms with E-state index in [9.17, 15) is 4.79 Å². The molecule has 0 aliphatic heterocycles. The number of aryl methyl sites for hydroxylation is 1. The third kappa shape index (κ3) is 2.94. The van der Waals surface area contributed by atoms with Gasteiger partial charge in [-0.2, -0.15) is 0 Å². The van der Waals surface area contributed by atoms with Crippen LogP contribution < -0.4 is 5.32 Å². The SMILES string of the molecule is Cc1ccc(C(=O)Nc2ccc(-n3cnnc3)nc2)cc1. The first kappa shape index (κ1) is 13.0. The maximum Gasteiger partial charge on any atom is 0.255 e. The monoisotopic (exact) mass is 279 g/mol. The first-order chi connectivity index (χ1) is 10.2. The van der Waals surface area contributed by atoms with Crippen LogP contribution in [0.2, 0.25) is 0 Å². The lowest BCUT2D eigenvalue weighted by Crippen LogP contribution is -2.12. The number of hydrogen-bond donors (Lipinski definition) is 1. The van der Waals surface area contributed by atoms with Crippen molar-refractivity contribution in [2.75, 3.05) is 5.32 Å². The van der Waals surface area contributed by atoms with Gasteiger partial charge in [0.25, 0.3) is 5.91 Å². The van der Waals surface area contributed by atoms with Crippen LogP contribution in [0.25, 0.3) is 5.82 Å². The zero-order chi connectivity index (χ0) is 14.7. The van der Waals surface area contributed by atoms with Crippen molar-refractivity contribution >= 4 is 11.6 Å². The molecule has 0 saturated heterocycles. The Balaban J connectivity index is 1.73. The van der Waals surface area contributed by atoms with Crippen molar-refractivity contribution in [1.82, 2.24) is 19.7 Å². The van der Waals surface area contributed by atoms with Gasteiger partial charge < -0.3 is 5.32 Å². The molecule has 0 aliphatic rings. The summed E-state index contributed by atoms with van der Waals surface area (Å²) in [5, 5.41) is 10.2. The number of carbonyl (C=O) groups is 1. The Kier molecular flexibility index (Phi) is 3.42. The predicted octanol–water partition coefficient (Wildman–Crippen LogP) is 2.22. The predicted molar refractivity (Wildman–Crippen MR) is 78.3 cm³/mol. The number of pyridine rings is 1. The van der Waals surface area contributed by atoms with Gasteiger partial charge in [0, 0.05) is 5.56 Å². The van der Waals surface area contributed by atoms with Gasteiger partial charge in [-0.05, 0) is 31.2 Å². The van der Waals surface area contributed by atoms with Crippen LogP contribution in [0, 0.1) is 6.92 Å². The average molecular weight is 279 g/mol. The highest BCUT2D eigenvalue weighted by atomic mass is 16.1. The molecule has 0 fully saturated rings. The summed E-state index contributed by atoms with van der Waals surface area (Å²) in [6.45, 7) is 1.98. The van der Waals surface area contributed by atoms with Gasteiger partial charge in [0.1, 0.15) is 18.5 Å². The summed E-state index contributed by atoms with van der Waals surface area (Å²) >= 11 is 0. The molecule has 0 saturated carbocycles. The molecule has 1 aromatic carbocycles. The Morgan fingerprint density at radius 3 is 2.38 bits per heavy atom. The largest absolute Gasteiger partial charge is 0.321 e. The molecular formula is C15H13N5O. The number of benzene rings is 1. The Labute approximate surface area is 121 Å². The van der Waals surface area contributed by atoms with Crippen LogP contribution in [0.1, 0.15) is 15.9 Å². The summed E-state index contributed by atoms with van der Waals surface area (Å²) in [7, 11) is 0. The fraction of sp³-hybridized carbons (Fsp3) is 0.0667. The van der Waals surface area contributed by atoms with Crippen LogP contribution in [-0.4, -0.2) is 25.7 Å². The van der Waals surface area contributed by atoms with E-state index in [-0.39, 0.29) is 5.91 Å². The molecular weight excluding hydrogens is 266 g/mol. The minimum absolute atomic E-state index is 0.158. The first-order valence-electron chi connectivity index (χ1n) is 6.41. The second-order valence-electron chi connectivity index (χ2n) is 4.59. The Bertz CT molecular complexity index is 733. The molecule has 2 heterocycles. The van der Waals surface area contributed by atoms with Crippen LogP contribution in [0.5, 0.6) is 0 Å². The highest BCUT2D eigenvalue weighted by Gasteiger charge is 2.06. The average Bonchev–Trinajstić information content (AvgIpc) is 3.03. The molecule has 0 bridgehead atoms. The quantitative estimate of drug-likeness (QED) is 0.798. The molecule has 6 nitrogen and oxygen atoms in total. The number of rotatable bonds is 3. The molecule has 0 aliphatic carbocycles. The van der Waals surface area contributed by atoms with Crippen molar-refractivity contribution in [3.05, 3.63) is 66.4 Å². The van der Waals surface area contributed by atoms with E-state index >= 15 is 0 Å². The van der Waals surface area contributed by atoms with Gasteiger partial charge in [-0.1, -0.05) is 17.7 Å². The van der Waals surface area contributed by atoms with Crippen LogP contribution in [0.3, 0.4) is 0 Å². The summed E-state index contributed by atoms with van der Waals surface area (Å²) in [6, 6.07) is 11.0. The minimum Gasteiger partial charge on any atom is -0.321 e. The maximum atomic E-state index is 12.1. The van der Waals surface area contributed by atoms with Crippen LogP contribution in [-0.2, 0) is 0 Å². The summed E-state index contributed by atoms with van der Waals surface area (Å²) in [5.74, 6) is 0.530.